The summed E-state index contributed by atoms with van der Waals surface area (Å²) in [5, 5.41) is 7.32. The van der Waals surface area contributed by atoms with Gasteiger partial charge in [-0.15, -0.1) is 11.6 Å². The molecule has 1 atom stereocenters. The molecule has 0 saturated heterocycles. The topological polar surface area (TPSA) is 148 Å². The summed E-state index contributed by atoms with van der Waals surface area (Å²) >= 11 is 5.60. The first kappa shape index (κ1) is 23.7. The number of rotatable bonds is 9. The average Bonchev–Trinajstić information content (AvgIpc) is 3.17. The Kier molecular flexibility index (Phi) is 9.10. The predicted molar refractivity (Wildman–Crippen MR) is 108 cm³/mol. The molecule has 1 heterocycles. The summed E-state index contributed by atoms with van der Waals surface area (Å²) < 4.78 is 4.92. The van der Waals surface area contributed by atoms with Crippen molar-refractivity contribution in [2.24, 2.45) is 11.7 Å². The number of hydrogen-bond donors (Lipinski definition) is 3. The number of nitrogens with zero attached hydrogens (tertiary/aromatic N) is 2. The van der Waals surface area contributed by atoms with Crippen LogP contribution >= 0.6 is 11.6 Å². The van der Waals surface area contributed by atoms with Gasteiger partial charge in [-0.1, -0.05) is 37.3 Å². The molecule has 0 aliphatic heterocycles. The fraction of sp³-hybridized carbons (Fsp3) is 0.632. The third-order valence-corrected chi connectivity index (χ3v) is 5.25. The number of halogens is 1. The molecule has 0 bridgehead atoms. The zero-order valence-corrected chi connectivity index (χ0v) is 17.7. The number of hydrazine groups is 1. The van der Waals surface area contributed by atoms with Crippen molar-refractivity contribution in [2.45, 2.75) is 57.9 Å². The molecule has 1 aliphatic rings. The van der Waals surface area contributed by atoms with E-state index in [1.807, 2.05) is 0 Å². The van der Waals surface area contributed by atoms with E-state index < -0.39 is 29.7 Å². The highest BCUT2D eigenvalue weighted by molar-refractivity contribution is 6.27. The Balaban J connectivity index is 2.11. The number of primary amides is 1. The van der Waals surface area contributed by atoms with Gasteiger partial charge < -0.3 is 15.6 Å². The summed E-state index contributed by atoms with van der Waals surface area (Å²) in [5.41, 5.74) is 7.67. The fourth-order valence-corrected chi connectivity index (χ4v) is 3.59. The van der Waals surface area contributed by atoms with Gasteiger partial charge >= 0.3 is 0 Å². The normalized spacial score (nSPS) is 15.3. The largest absolute Gasteiger partial charge is 0.370 e. The molecule has 166 valence electrons. The van der Waals surface area contributed by atoms with Gasteiger partial charge in [-0.3, -0.25) is 29.6 Å². The zero-order chi connectivity index (χ0) is 22.1. The SMILES string of the molecule is Cc1cc(C(=O)N[C@H](CC2CCCCC2)C(=O)NN(CCC(N)=O)C(=O)CCl)no1. The molecule has 0 aromatic carbocycles. The zero-order valence-electron chi connectivity index (χ0n) is 17.0. The van der Waals surface area contributed by atoms with Crippen LogP contribution in [0.1, 0.15) is 61.2 Å². The summed E-state index contributed by atoms with van der Waals surface area (Å²) in [6.45, 7) is 1.55. The van der Waals surface area contributed by atoms with Crippen molar-refractivity contribution in [3.8, 4) is 0 Å². The number of nitrogens with one attached hydrogen (secondary N) is 2. The Bertz CT molecular complexity index is 762. The number of nitrogens with two attached hydrogens (primary N) is 1. The van der Waals surface area contributed by atoms with E-state index in [0.29, 0.717) is 12.2 Å². The molecule has 1 aliphatic carbocycles. The number of carbonyl (C=O) groups excluding carboxylic acids is 4. The fourth-order valence-electron chi connectivity index (χ4n) is 3.44. The molecular formula is C19H28ClN5O5. The molecule has 10 nitrogen and oxygen atoms in total. The minimum atomic E-state index is -0.892. The van der Waals surface area contributed by atoms with E-state index in [1.54, 1.807) is 6.92 Å². The van der Waals surface area contributed by atoms with Crippen molar-refractivity contribution in [1.29, 1.82) is 0 Å². The Labute approximate surface area is 179 Å². The Hall–Kier alpha value is -2.62. The molecule has 0 radical (unpaired) electrons. The lowest BCUT2D eigenvalue weighted by molar-refractivity contribution is -0.141. The van der Waals surface area contributed by atoms with E-state index in [9.17, 15) is 19.2 Å². The van der Waals surface area contributed by atoms with Gasteiger partial charge in [-0.05, 0) is 19.3 Å². The lowest BCUT2D eigenvalue weighted by atomic mass is 9.84. The Morgan fingerprint density at radius 2 is 2.00 bits per heavy atom. The highest BCUT2D eigenvalue weighted by Crippen LogP contribution is 2.27. The molecule has 11 heteroatoms. The summed E-state index contributed by atoms with van der Waals surface area (Å²) in [7, 11) is 0. The van der Waals surface area contributed by atoms with Crippen LogP contribution in [0.25, 0.3) is 0 Å². The Morgan fingerprint density at radius 1 is 1.30 bits per heavy atom. The standard InChI is InChI=1S/C19H28ClN5O5/c1-12-9-15(24-30-12)18(28)22-14(10-13-5-3-2-4-6-13)19(29)23-25(17(27)11-20)8-7-16(21)26/h9,13-14H,2-8,10-11H2,1H3,(H2,21,26)(H,22,28)(H,23,29)/t14-/m1/s1. The summed E-state index contributed by atoms with van der Waals surface area (Å²) in [6.07, 6.45) is 5.52. The molecule has 1 fully saturated rings. The monoisotopic (exact) mass is 441 g/mol. The second-order valence-electron chi connectivity index (χ2n) is 7.46. The molecule has 30 heavy (non-hydrogen) atoms. The van der Waals surface area contributed by atoms with Gasteiger partial charge in [0.25, 0.3) is 17.7 Å². The molecule has 0 spiro atoms. The van der Waals surface area contributed by atoms with Crippen LogP contribution in [0.5, 0.6) is 0 Å². The van der Waals surface area contributed by atoms with Crippen molar-refractivity contribution in [2.75, 3.05) is 12.4 Å². The summed E-state index contributed by atoms with van der Waals surface area (Å²) in [4.78, 5) is 48.6. The Morgan fingerprint density at radius 3 is 2.57 bits per heavy atom. The van der Waals surface area contributed by atoms with Crippen molar-refractivity contribution in [3.63, 3.8) is 0 Å². The summed E-state index contributed by atoms with van der Waals surface area (Å²) in [6, 6.07) is 0.581. The number of aryl methyl sites for hydroxylation is 1. The average molecular weight is 442 g/mol. The number of hydrogen-bond acceptors (Lipinski definition) is 6. The quantitative estimate of drug-likeness (QED) is 0.385. The molecule has 1 aromatic heterocycles. The van der Waals surface area contributed by atoms with E-state index in [-0.39, 0.29) is 30.5 Å². The van der Waals surface area contributed by atoms with Crippen LogP contribution in [0, 0.1) is 12.8 Å². The molecule has 4 N–H and O–H groups in total. The van der Waals surface area contributed by atoms with Crippen molar-refractivity contribution in [3.05, 3.63) is 17.5 Å². The lowest BCUT2D eigenvalue weighted by Crippen LogP contribution is -2.55. The number of alkyl halides is 1. The minimum Gasteiger partial charge on any atom is -0.370 e. The van der Waals surface area contributed by atoms with Crippen LogP contribution in [-0.4, -0.2) is 52.3 Å². The molecular weight excluding hydrogens is 414 g/mol. The van der Waals surface area contributed by atoms with Crippen LogP contribution in [-0.2, 0) is 14.4 Å². The minimum absolute atomic E-state index is 0.0661. The van der Waals surface area contributed by atoms with Crippen molar-refractivity contribution in [1.82, 2.24) is 20.9 Å². The molecule has 4 amide bonds. The van der Waals surface area contributed by atoms with Gasteiger partial charge in [-0.2, -0.15) is 0 Å². The molecule has 1 saturated carbocycles. The van der Waals surface area contributed by atoms with Gasteiger partial charge in [-0.25, -0.2) is 0 Å². The van der Waals surface area contributed by atoms with E-state index >= 15 is 0 Å². The first-order valence-corrected chi connectivity index (χ1v) is 10.5. The van der Waals surface area contributed by atoms with E-state index in [1.165, 1.54) is 6.07 Å². The van der Waals surface area contributed by atoms with Crippen LogP contribution < -0.4 is 16.5 Å². The third-order valence-electron chi connectivity index (χ3n) is 5.02. The van der Waals surface area contributed by atoms with Crippen LogP contribution in [0.2, 0.25) is 0 Å². The predicted octanol–water partition coefficient (Wildman–Crippen LogP) is 1.03. The van der Waals surface area contributed by atoms with E-state index in [2.05, 4.69) is 15.9 Å². The molecule has 2 rings (SSSR count). The van der Waals surface area contributed by atoms with Gasteiger partial charge in [0.2, 0.25) is 5.91 Å². The third kappa shape index (κ3) is 7.33. The molecule has 0 unspecified atom stereocenters. The maximum absolute atomic E-state index is 12.9. The van der Waals surface area contributed by atoms with E-state index in [0.717, 1.165) is 37.1 Å². The first-order chi connectivity index (χ1) is 14.3. The van der Waals surface area contributed by atoms with Crippen LogP contribution in [0.15, 0.2) is 10.6 Å². The van der Waals surface area contributed by atoms with Crippen molar-refractivity contribution >= 4 is 35.2 Å². The van der Waals surface area contributed by atoms with Crippen molar-refractivity contribution < 1.29 is 23.7 Å². The highest BCUT2D eigenvalue weighted by atomic mass is 35.5. The van der Waals surface area contributed by atoms with E-state index in [4.69, 9.17) is 21.9 Å². The second-order valence-corrected chi connectivity index (χ2v) is 7.73. The smallest absolute Gasteiger partial charge is 0.274 e. The van der Waals surface area contributed by atoms with Gasteiger partial charge in [0, 0.05) is 12.5 Å². The van der Waals surface area contributed by atoms with Gasteiger partial charge in [0.15, 0.2) is 5.69 Å². The van der Waals surface area contributed by atoms with Crippen LogP contribution in [0.4, 0.5) is 0 Å². The number of aromatic nitrogens is 1. The maximum Gasteiger partial charge on any atom is 0.274 e. The number of carbonyl (C=O) groups is 4. The lowest BCUT2D eigenvalue weighted by Gasteiger charge is -2.29. The molecule has 1 aromatic rings. The van der Waals surface area contributed by atoms with Crippen LogP contribution in [0.3, 0.4) is 0 Å². The highest BCUT2D eigenvalue weighted by Gasteiger charge is 2.29. The van der Waals surface area contributed by atoms with Gasteiger partial charge in [0.1, 0.15) is 17.7 Å². The first-order valence-electron chi connectivity index (χ1n) is 9.99. The second kappa shape index (κ2) is 11.5. The summed E-state index contributed by atoms with van der Waals surface area (Å²) in [5.74, 6) is -1.95. The number of amides is 4. The van der Waals surface area contributed by atoms with Gasteiger partial charge in [0.05, 0.1) is 6.54 Å². The maximum atomic E-state index is 12.9.